The molecular formula is C13H27O4P. The smallest absolute Gasteiger partial charge is 0.359 e. The first kappa shape index (κ1) is 16.2. The van der Waals surface area contributed by atoms with E-state index in [4.69, 9.17) is 9.05 Å². The molecule has 5 heteroatoms. The normalized spacial score (nSPS) is 21.3. The molecule has 108 valence electrons. The van der Waals surface area contributed by atoms with Crippen LogP contribution in [0.5, 0.6) is 0 Å². The van der Waals surface area contributed by atoms with Crippen molar-refractivity contribution in [2.75, 3.05) is 13.2 Å². The van der Waals surface area contributed by atoms with Crippen LogP contribution in [-0.2, 0) is 13.6 Å². The lowest BCUT2D eigenvalue weighted by atomic mass is 9.92. The highest BCUT2D eigenvalue weighted by Gasteiger charge is 2.39. The Balaban J connectivity index is 2.67. The second kappa shape index (κ2) is 8.31. The molecule has 18 heavy (non-hydrogen) atoms. The molecule has 0 aromatic heterocycles. The summed E-state index contributed by atoms with van der Waals surface area (Å²) in [7, 11) is -3.36. The fraction of sp³-hybridized carbons (Fsp3) is 1.00. The maximum Gasteiger partial charge on any atom is 0.359 e. The van der Waals surface area contributed by atoms with E-state index in [0.29, 0.717) is 13.2 Å². The van der Waals surface area contributed by atoms with E-state index in [9.17, 15) is 9.67 Å². The minimum absolute atomic E-state index is 0.0502. The molecule has 0 spiro atoms. The molecule has 0 saturated heterocycles. The molecule has 0 aromatic carbocycles. The lowest BCUT2D eigenvalue weighted by Crippen LogP contribution is -2.24. The van der Waals surface area contributed by atoms with E-state index < -0.39 is 13.4 Å². The molecule has 1 N–H and O–H groups in total. The van der Waals surface area contributed by atoms with Gasteiger partial charge >= 0.3 is 7.60 Å². The van der Waals surface area contributed by atoms with Crippen molar-refractivity contribution in [1.82, 2.24) is 0 Å². The molecule has 0 aromatic rings. The van der Waals surface area contributed by atoms with Crippen LogP contribution >= 0.6 is 7.60 Å². The van der Waals surface area contributed by atoms with Gasteiger partial charge in [0, 0.05) is 0 Å². The van der Waals surface area contributed by atoms with Crippen molar-refractivity contribution in [3.8, 4) is 0 Å². The monoisotopic (exact) mass is 278 g/mol. The van der Waals surface area contributed by atoms with Crippen LogP contribution < -0.4 is 0 Å². The largest absolute Gasteiger partial charge is 0.380 e. The van der Waals surface area contributed by atoms with Crippen LogP contribution in [0.1, 0.15) is 58.8 Å². The molecule has 1 atom stereocenters. The maximum absolute atomic E-state index is 12.5. The van der Waals surface area contributed by atoms with E-state index in [1.54, 1.807) is 13.8 Å². The average Bonchev–Trinajstić information content (AvgIpc) is 2.28. The first-order valence-electron chi connectivity index (χ1n) is 7.21. The molecule has 1 aliphatic rings. The van der Waals surface area contributed by atoms with Crippen molar-refractivity contribution in [1.29, 1.82) is 0 Å². The summed E-state index contributed by atoms with van der Waals surface area (Å²) >= 11 is 0. The summed E-state index contributed by atoms with van der Waals surface area (Å²) in [5.41, 5.74) is 0. The predicted molar refractivity (Wildman–Crippen MR) is 72.7 cm³/mol. The molecule has 0 aliphatic heterocycles. The second-order valence-electron chi connectivity index (χ2n) is 4.89. The van der Waals surface area contributed by atoms with Crippen LogP contribution in [0, 0.1) is 5.92 Å². The van der Waals surface area contributed by atoms with Gasteiger partial charge in [0.15, 0.2) is 5.85 Å². The average molecular weight is 278 g/mol. The van der Waals surface area contributed by atoms with Crippen LogP contribution in [0.3, 0.4) is 0 Å². The van der Waals surface area contributed by atoms with Crippen molar-refractivity contribution < 1.29 is 18.7 Å². The zero-order valence-electron chi connectivity index (χ0n) is 11.6. The third kappa shape index (κ3) is 4.65. The Labute approximate surface area is 111 Å². The maximum atomic E-state index is 12.5. The fourth-order valence-corrected chi connectivity index (χ4v) is 4.51. The van der Waals surface area contributed by atoms with E-state index in [1.165, 1.54) is 19.3 Å². The van der Waals surface area contributed by atoms with Gasteiger partial charge in [-0.3, -0.25) is 4.57 Å². The number of aliphatic hydroxyl groups is 1. The molecule has 1 rings (SSSR count). The Morgan fingerprint density at radius 1 is 1.06 bits per heavy atom. The Morgan fingerprint density at radius 3 is 1.94 bits per heavy atom. The molecule has 0 bridgehead atoms. The predicted octanol–water partition coefficient (Wildman–Crippen LogP) is 3.93. The Morgan fingerprint density at radius 2 is 1.50 bits per heavy atom. The van der Waals surface area contributed by atoms with Gasteiger partial charge in [0.1, 0.15) is 0 Å². The molecule has 1 saturated carbocycles. The third-order valence-corrected chi connectivity index (χ3v) is 5.82. The van der Waals surface area contributed by atoms with Gasteiger partial charge in [-0.05, 0) is 32.6 Å². The van der Waals surface area contributed by atoms with E-state index in [2.05, 4.69) is 0 Å². The summed E-state index contributed by atoms with van der Waals surface area (Å²) in [4.78, 5) is 0. The molecule has 0 amide bonds. The van der Waals surface area contributed by atoms with Crippen molar-refractivity contribution >= 4 is 7.60 Å². The summed E-state index contributed by atoms with van der Waals surface area (Å²) in [6.07, 6.45) is 7.72. The molecule has 1 unspecified atom stereocenters. The molecule has 1 aliphatic carbocycles. The highest BCUT2D eigenvalue weighted by atomic mass is 31.2. The van der Waals surface area contributed by atoms with Crippen LogP contribution in [-0.4, -0.2) is 24.2 Å². The lowest BCUT2D eigenvalue weighted by Gasteiger charge is -2.29. The van der Waals surface area contributed by atoms with Crippen molar-refractivity contribution in [3.05, 3.63) is 0 Å². The zero-order valence-corrected chi connectivity index (χ0v) is 12.5. The van der Waals surface area contributed by atoms with E-state index in [0.717, 1.165) is 25.7 Å². The van der Waals surface area contributed by atoms with Gasteiger partial charge in [-0.15, -0.1) is 0 Å². The van der Waals surface area contributed by atoms with Crippen LogP contribution in [0.15, 0.2) is 0 Å². The highest BCUT2D eigenvalue weighted by Crippen LogP contribution is 2.55. The molecule has 1 fully saturated rings. The summed E-state index contributed by atoms with van der Waals surface area (Å²) < 4.78 is 23.0. The second-order valence-corrected chi connectivity index (χ2v) is 7.02. The molecular weight excluding hydrogens is 251 g/mol. The third-order valence-electron chi connectivity index (χ3n) is 3.51. The summed E-state index contributed by atoms with van der Waals surface area (Å²) in [6.45, 7) is 4.16. The highest BCUT2D eigenvalue weighted by molar-refractivity contribution is 7.54. The van der Waals surface area contributed by atoms with Crippen molar-refractivity contribution in [2.45, 2.75) is 64.6 Å². The topological polar surface area (TPSA) is 55.8 Å². The van der Waals surface area contributed by atoms with Crippen LogP contribution in [0.2, 0.25) is 0 Å². The Bertz CT molecular complexity index is 252. The number of hydrogen-bond donors (Lipinski definition) is 1. The number of aliphatic hydroxyl groups excluding tert-OH is 1. The summed E-state index contributed by atoms with van der Waals surface area (Å²) in [5.74, 6) is -0.912. The minimum atomic E-state index is -3.36. The quantitative estimate of drug-likeness (QED) is 0.748. The summed E-state index contributed by atoms with van der Waals surface area (Å²) in [5, 5.41) is 10.4. The van der Waals surface area contributed by atoms with Gasteiger partial charge in [-0.1, -0.05) is 32.1 Å². The van der Waals surface area contributed by atoms with E-state index in [1.807, 2.05) is 0 Å². The zero-order chi connectivity index (χ0) is 13.4. The van der Waals surface area contributed by atoms with Crippen molar-refractivity contribution in [2.24, 2.45) is 5.92 Å². The lowest BCUT2D eigenvalue weighted by molar-refractivity contribution is 0.101. The van der Waals surface area contributed by atoms with Gasteiger partial charge in [0.25, 0.3) is 0 Å². The Kier molecular flexibility index (Phi) is 7.47. The SMILES string of the molecule is CCOP(=O)(OCC)C(O)C1CCCCCCC1. The van der Waals surface area contributed by atoms with Gasteiger partial charge in [-0.25, -0.2) is 0 Å². The molecule has 0 radical (unpaired) electrons. The van der Waals surface area contributed by atoms with Gasteiger partial charge < -0.3 is 14.2 Å². The fourth-order valence-electron chi connectivity index (χ4n) is 2.59. The van der Waals surface area contributed by atoms with E-state index in [-0.39, 0.29) is 5.92 Å². The van der Waals surface area contributed by atoms with Gasteiger partial charge in [0.2, 0.25) is 0 Å². The Hall–Kier alpha value is 0.110. The summed E-state index contributed by atoms with van der Waals surface area (Å²) in [6, 6.07) is 0. The number of hydrogen-bond acceptors (Lipinski definition) is 4. The standard InChI is InChI=1S/C13H27O4P/c1-3-16-18(15,17-4-2)13(14)12-10-8-6-5-7-9-11-12/h12-14H,3-11H2,1-2H3. The van der Waals surface area contributed by atoms with E-state index >= 15 is 0 Å². The molecule has 4 nitrogen and oxygen atoms in total. The number of rotatable bonds is 6. The first-order valence-corrected chi connectivity index (χ1v) is 8.82. The van der Waals surface area contributed by atoms with Crippen LogP contribution in [0.25, 0.3) is 0 Å². The van der Waals surface area contributed by atoms with Gasteiger partial charge in [0.05, 0.1) is 13.2 Å². The first-order chi connectivity index (χ1) is 8.64. The molecule has 0 heterocycles. The van der Waals surface area contributed by atoms with Crippen molar-refractivity contribution in [3.63, 3.8) is 0 Å². The van der Waals surface area contributed by atoms with Crippen LogP contribution in [0.4, 0.5) is 0 Å². The minimum Gasteiger partial charge on any atom is -0.380 e. The van der Waals surface area contributed by atoms with Gasteiger partial charge in [-0.2, -0.15) is 0 Å².